The van der Waals surface area contributed by atoms with Crippen LogP contribution in [0, 0.1) is 5.82 Å². The Morgan fingerprint density at radius 1 is 1.04 bits per heavy atom. The van der Waals surface area contributed by atoms with E-state index in [2.05, 4.69) is 19.9 Å². The molecular weight excluding hydrogens is 295 g/mol. The smallest absolute Gasteiger partial charge is 0.124 e. The van der Waals surface area contributed by atoms with Crippen molar-refractivity contribution in [3.63, 3.8) is 0 Å². The second-order valence-corrected chi connectivity index (χ2v) is 6.34. The standard InChI is InChI=1S/C17H21FN4O/c18-14-1-3-16(4-2-14)21-6-8-22(9-7-21)17-12-20(13-17)11-15-5-10-23-19-15/h1-5,10,17H,6-9,11-13H2. The number of anilines is 1. The van der Waals surface area contributed by atoms with Gasteiger partial charge in [0, 0.05) is 63.6 Å². The summed E-state index contributed by atoms with van der Waals surface area (Å²) in [4.78, 5) is 7.30. The molecule has 0 bridgehead atoms. The van der Waals surface area contributed by atoms with Crippen molar-refractivity contribution in [2.75, 3.05) is 44.2 Å². The Hall–Kier alpha value is -1.92. The first-order chi connectivity index (χ1) is 11.3. The van der Waals surface area contributed by atoms with E-state index in [1.54, 1.807) is 6.26 Å². The lowest BCUT2D eigenvalue weighted by atomic mass is 10.1. The van der Waals surface area contributed by atoms with Gasteiger partial charge >= 0.3 is 0 Å². The molecule has 0 radical (unpaired) electrons. The fraction of sp³-hybridized carbons (Fsp3) is 0.471. The van der Waals surface area contributed by atoms with Crippen molar-refractivity contribution in [2.24, 2.45) is 0 Å². The molecule has 3 heterocycles. The molecule has 0 saturated carbocycles. The molecule has 6 heteroatoms. The highest BCUT2D eigenvalue weighted by molar-refractivity contribution is 5.46. The van der Waals surface area contributed by atoms with Crippen LogP contribution < -0.4 is 4.90 Å². The monoisotopic (exact) mass is 316 g/mol. The van der Waals surface area contributed by atoms with Gasteiger partial charge in [-0.25, -0.2) is 4.39 Å². The Morgan fingerprint density at radius 3 is 2.43 bits per heavy atom. The number of nitrogens with zero attached hydrogens (tertiary/aromatic N) is 4. The highest BCUT2D eigenvalue weighted by Crippen LogP contribution is 2.22. The molecule has 2 aliphatic rings. The number of hydrogen-bond acceptors (Lipinski definition) is 5. The Morgan fingerprint density at radius 2 is 1.78 bits per heavy atom. The average molecular weight is 316 g/mol. The van der Waals surface area contributed by atoms with E-state index in [1.165, 1.54) is 12.1 Å². The van der Waals surface area contributed by atoms with E-state index >= 15 is 0 Å². The van der Waals surface area contributed by atoms with Crippen LogP contribution in [0.3, 0.4) is 0 Å². The molecule has 2 fully saturated rings. The fourth-order valence-electron chi connectivity index (χ4n) is 3.45. The minimum atomic E-state index is -0.172. The first-order valence-corrected chi connectivity index (χ1v) is 8.14. The third kappa shape index (κ3) is 3.23. The highest BCUT2D eigenvalue weighted by atomic mass is 19.1. The van der Waals surface area contributed by atoms with Crippen LogP contribution in [0.15, 0.2) is 41.1 Å². The van der Waals surface area contributed by atoms with Crippen molar-refractivity contribution < 1.29 is 8.91 Å². The van der Waals surface area contributed by atoms with Gasteiger partial charge in [0.05, 0.1) is 5.69 Å². The summed E-state index contributed by atoms with van der Waals surface area (Å²) < 4.78 is 17.9. The summed E-state index contributed by atoms with van der Waals surface area (Å²) in [5.74, 6) is -0.172. The zero-order chi connectivity index (χ0) is 15.6. The Bertz CT molecular complexity index is 617. The molecule has 23 heavy (non-hydrogen) atoms. The van der Waals surface area contributed by atoms with Crippen LogP contribution in [0.5, 0.6) is 0 Å². The lowest BCUT2D eigenvalue weighted by Crippen LogP contribution is -2.62. The number of hydrogen-bond donors (Lipinski definition) is 0. The van der Waals surface area contributed by atoms with E-state index in [1.807, 2.05) is 18.2 Å². The van der Waals surface area contributed by atoms with Crippen LogP contribution in [0.1, 0.15) is 5.69 Å². The molecule has 0 N–H and O–H groups in total. The summed E-state index contributed by atoms with van der Waals surface area (Å²) in [6, 6.07) is 9.39. The minimum Gasteiger partial charge on any atom is -0.369 e. The number of aromatic nitrogens is 1. The van der Waals surface area contributed by atoms with Crippen LogP contribution >= 0.6 is 0 Å². The second-order valence-electron chi connectivity index (χ2n) is 6.34. The number of halogens is 1. The lowest BCUT2D eigenvalue weighted by molar-refractivity contribution is 0.0243. The van der Waals surface area contributed by atoms with Gasteiger partial charge in [-0.05, 0) is 24.3 Å². The number of likely N-dealkylation sites (tertiary alicyclic amines) is 1. The summed E-state index contributed by atoms with van der Waals surface area (Å²) in [6.45, 7) is 7.23. The maximum atomic E-state index is 13.0. The summed E-state index contributed by atoms with van der Waals surface area (Å²) in [6.07, 6.45) is 1.63. The van der Waals surface area contributed by atoms with Gasteiger partial charge in [-0.2, -0.15) is 0 Å². The van der Waals surface area contributed by atoms with E-state index in [9.17, 15) is 4.39 Å². The van der Waals surface area contributed by atoms with E-state index in [4.69, 9.17) is 4.52 Å². The van der Waals surface area contributed by atoms with Crippen molar-refractivity contribution in [3.05, 3.63) is 48.1 Å². The SMILES string of the molecule is Fc1ccc(N2CCN(C3CN(Cc4ccon4)C3)CC2)cc1. The molecule has 4 rings (SSSR count). The number of piperazine rings is 1. The highest BCUT2D eigenvalue weighted by Gasteiger charge is 2.33. The van der Waals surface area contributed by atoms with E-state index in [0.717, 1.165) is 57.2 Å². The Labute approximate surface area is 135 Å². The minimum absolute atomic E-state index is 0.172. The number of rotatable bonds is 4. The Balaban J connectivity index is 1.24. The molecule has 2 aliphatic heterocycles. The molecule has 0 unspecified atom stereocenters. The number of benzene rings is 1. The van der Waals surface area contributed by atoms with Crippen molar-refractivity contribution in [3.8, 4) is 0 Å². The van der Waals surface area contributed by atoms with Crippen LogP contribution in [0.25, 0.3) is 0 Å². The predicted molar refractivity (Wildman–Crippen MR) is 85.8 cm³/mol. The predicted octanol–water partition coefficient (Wildman–Crippen LogP) is 1.82. The van der Waals surface area contributed by atoms with Crippen molar-refractivity contribution in [1.29, 1.82) is 0 Å². The van der Waals surface area contributed by atoms with E-state index in [-0.39, 0.29) is 5.82 Å². The first kappa shape index (κ1) is 14.7. The van der Waals surface area contributed by atoms with Gasteiger partial charge in [0.2, 0.25) is 0 Å². The quantitative estimate of drug-likeness (QED) is 0.860. The molecular formula is C17H21FN4O. The van der Waals surface area contributed by atoms with Crippen LogP contribution in [-0.2, 0) is 6.54 Å². The molecule has 0 amide bonds. The Kier molecular flexibility index (Phi) is 4.01. The third-order valence-corrected chi connectivity index (χ3v) is 4.84. The lowest BCUT2D eigenvalue weighted by Gasteiger charge is -2.48. The molecule has 122 valence electrons. The van der Waals surface area contributed by atoms with Crippen molar-refractivity contribution >= 4 is 5.69 Å². The first-order valence-electron chi connectivity index (χ1n) is 8.14. The largest absolute Gasteiger partial charge is 0.369 e. The molecule has 2 saturated heterocycles. The summed E-state index contributed by atoms with van der Waals surface area (Å²) in [7, 11) is 0. The van der Waals surface area contributed by atoms with Crippen LogP contribution in [0.2, 0.25) is 0 Å². The molecule has 0 atom stereocenters. The van der Waals surface area contributed by atoms with Gasteiger partial charge in [-0.3, -0.25) is 9.80 Å². The molecule has 1 aromatic carbocycles. The van der Waals surface area contributed by atoms with Gasteiger partial charge in [-0.1, -0.05) is 5.16 Å². The zero-order valence-electron chi connectivity index (χ0n) is 13.1. The maximum Gasteiger partial charge on any atom is 0.124 e. The maximum absolute atomic E-state index is 13.0. The average Bonchev–Trinajstić information content (AvgIpc) is 3.05. The van der Waals surface area contributed by atoms with Gasteiger partial charge in [0.15, 0.2) is 0 Å². The van der Waals surface area contributed by atoms with Crippen molar-refractivity contribution in [2.45, 2.75) is 12.6 Å². The molecule has 2 aromatic rings. The van der Waals surface area contributed by atoms with E-state index < -0.39 is 0 Å². The molecule has 5 nitrogen and oxygen atoms in total. The molecule has 0 spiro atoms. The summed E-state index contributed by atoms with van der Waals surface area (Å²) >= 11 is 0. The summed E-state index contributed by atoms with van der Waals surface area (Å²) in [5, 5.41) is 3.96. The van der Waals surface area contributed by atoms with Gasteiger partial charge < -0.3 is 9.42 Å². The topological polar surface area (TPSA) is 35.8 Å². The van der Waals surface area contributed by atoms with Gasteiger partial charge in [0.1, 0.15) is 12.1 Å². The third-order valence-electron chi connectivity index (χ3n) is 4.84. The normalized spacial score (nSPS) is 20.7. The van der Waals surface area contributed by atoms with E-state index in [0.29, 0.717) is 6.04 Å². The van der Waals surface area contributed by atoms with Crippen LogP contribution in [-0.4, -0.2) is 60.3 Å². The second kappa shape index (κ2) is 6.29. The fourth-order valence-corrected chi connectivity index (χ4v) is 3.45. The molecule has 1 aromatic heterocycles. The van der Waals surface area contributed by atoms with Crippen molar-refractivity contribution in [1.82, 2.24) is 15.0 Å². The van der Waals surface area contributed by atoms with Gasteiger partial charge in [0.25, 0.3) is 0 Å². The molecule has 0 aliphatic carbocycles. The zero-order valence-corrected chi connectivity index (χ0v) is 13.1. The van der Waals surface area contributed by atoms with Gasteiger partial charge in [-0.15, -0.1) is 0 Å². The summed E-state index contributed by atoms with van der Waals surface area (Å²) in [5.41, 5.74) is 2.12. The van der Waals surface area contributed by atoms with Crippen LogP contribution in [0.4, 0.5) is 10.1 Å².